The summed E-state index contributed by atoms with van der Waals surface area (Å²) in [6.07, 6.45) is 1.10. The zero-order valence-electron chi connectivity index (χ0n) is 11.3. The van der Waals surface area contributed by atoms with Crippen LogP contribution in [0.15, 0.2) is 11.8 Å². The average Bonchev–Trinajstić information content (AvgIpc) is 2.26. The van der Waals surface area contributed by atoms with Gasteiger partial charge in [0, 0.05) is 24.9 Å². The van der Waals surface area contributed by atoms with E-state index in [1.54, 1.807) is 20.8 Å². The lowest BCUT2D eigenvalue weighted by Gasteiger charge is -2.31. The van der Waals surface area contributed by atoms with Gasteiger partial charge in [-0.1, -0.05) is 20.8 Å². The van der Waals surface area contributed by atoms with Crippen molar-refractivity contribution in [1.29, 1.82) is 0 Å². The molecule has 0 aromatic heterocycles. The summed E-state index contributed by atoms with van der Waals surface area (Å²) in [7, 11) is -5.64. The number of amides is 1. The predicted octanol–water partition coefficient (Wildman–Crippen LogP) is 2.01. The molecule has 116 valence electrons. The second kappa shape index (κ2) is 5.27. The number of alkyl halides is 3. The van der Waals surface area contributed by atoms with E-state index >= 15 is 0 Å². The van der Waals surface area contributed by atoms with Crippen LogP contribution < -0.4 is 0 Å². The van der Waals surface area contributed by atoms with Crippen molar-refractivity contribution in [2.24, 2.45) is 5.41 Å². The van der Waals surface area contributed by atoms with Gasteiger partial charge in [-0.3, -0.25) is 4.79 Å². The molecule has 1 aliphatic rings. The minimum atomic E-state index is -5.64. The zero-order chi connectivity index (χ0) is 15.8. The summed E-state index contributed by atoms with van der Waals surface area (Å²) < 4.78 is 62.1. The molecule has 0 aromatic carbocycles. The third-order valence-electron chi connectivity index (χ3n) is 2.60. The maximum Gasteiger partial charge on any atom is 0.534 e. The molecule has 0 unspecified atom stereocenters. The first-order valence-electron chi connectivity index (χ1n) is 5.84. The molecule has 0 spiro atoms. The van der Waals surface area contributed by atoms with E-state index in [-0.39, 0.29) is 31.2 Å². The van der Waals surface area contributed by atoms with Crippen molar-refractivity contribution >= 4 is 16.0 Å². The Kier molecular flexibility index (Phi) is 4.42. The summed E-state index contributed by atoms with van der Waals surface area (Å²) >= 11 is 0. The van der Waals surface area contributed by atoms with Gasteiger partial charge < -0.3 is 9.08 Å². The fourth-order valence-corrected chi connectivity index (χ4v) is 2.10. The SMILES string of the molecule is CC(C)(C)C(=O)N1CC=C(OS(=O)(=O)C(F)(F)F)CC1. The third kappa shape index (κ3) is 3.87. The van der Waals surface area contributed by atoms with Gasteiger partial charge in [-0.05, 0) is 6.08 Å². The molecule has 5 nitrogen and oxygen atoms in total. The van der Waals surface area contributed by atoms with Gasteiger partial charge in [0.25, 0.3) is 0 Å². The molecule has 1 rings (SSSR count). The summed E-state index contributed by atoms with van der Waals surface area (Å²) in [6.45, 7) is 5.31. The summed E-state index contributed by atoms with van der Waals surface area (Å²) in [4.78, 5) is 13.4. The Labute approximate surface area is 115 Å². The molecule has 0 radical (unpaired) electrons. The summed E-state index contributed by atoms with van der Waals surface area (Å²) in [5.74, 6) is -0.452. The van der Waals surface area contributed by atoms with Crippen molar-refractivity contribution in [3.05, 3.63) is 11.8 Å². The molecule has 20 heavy (non-hydrogen) atoms. The molecular formula is C11H16F3NO4S. The molecule has 1 amide bonds. The number of rotatable bonds is 2. The van der Waals surface area contributed by atoms with Crippen LogP contribution in [0.3, 0.4) is 0 Å². The lowest BCUT2D eigenvalue weighted by atomic mass is 9.94. The lowest BCUT2D eigenvalue weighted by molar-refractivity contribution is -0.139. The number of hydrogen-bond acceptors (Lipinski definition) is 4. The molecule has 0 saturated heterocycles. The van der Waals surface area contributed by atoms with Gasteiger partial charge in [0.15, 0.2) is 0 Å². The Morgan fingerprint density at radius 2 is 1.85 bits per heavy atom. The van der Waals surface area contributed by atoms with Crippen LogP contribution in [0.25, 0.3) is 0 Å². The summed E-state index contributed by atoms with van der Waals surface area (Å²) in [5.41, 5.74) is -6.06. The molecule has 0 aromatic rings. The number of halogens is 3. The van der Waals surface area contributed by atoms with Gasteiger partial charge in [0.05, 0.1) is 0 Å². The van der Waals surface area contributed by atoms with Crippen molar-refractivity contribution in [2.45, 2.75) is 32.7 Å². The van der Waals surface area contributed by atoms with Crippen LogP contribution in [0.2, 0.25) is 0 Å². The first kappa shape index (κ1) is 16.8. The largest absolute Gasteiger partial charge is 0.534 e. The first-order valence-corrected chi connectivity index (χ1v) is 7.24. The van der Waals surface area contributed by atoms with E-state index in [4.69, 9.17) is 0 Å². The van der Waals surface area contributed by atoms with Crippen LogP contribution in [-0.4, -0.2) is 37.8 Å². The number of carbonyl (C=O) groups is 1. The fraction of sp³-hybridized carbons (Fsp3) is 0.727. The van der Waals surface area contributed by atoms with E-state index < -0.39 is 21.0 Å². The van der Waals surface area contributed by atoms with Crippen molar-refractivity contribution in [3.8, 4) is 0 Å². The van der Waals surface area contributed by atoms with E-state index in [1.165, 1.54) is 11.0 Å². The Morgan fingerprint density at radius 3 is 2.20 bits per heavy atom. The average molecular weight is 315 g/mol. The van der Waals surface area contributed by atoms with E-state index in [9.17, 15) is 26.4 Å². The Bertz CT molecular complexity index is 517. The summed E-state index contributed by atoms with van der Waals surface area (Å²) in [5, 5.41) is 0. The van der Waals surface area contributed by atoms with Crippen molar-refractivity contribution in [2.75, 3.05) is 13.1 Å². The van der Waals surface area contributed by atoms with E-state index in [1.807, 2.05) is 0 Å². The first-order chi connectivity index (χ1) is 8.84. The topological polar surface area (TPSA) is 63.7 Å². The molecule has 0 N–H and O–H groups in total. The molecular weight excluding hydrogens is 299 g/mol. The normalized spacial score (nSPS) is 17.7. The fourth-order valence-electron chi connectivity index (χ4n) is 1.57. The van der Waals surface area contributed by atoms with Crippen molar-refractivity contribution in [3.63, 3.8) is 0 Å². The molecule has 0 aliphatic carbocycles. The smallest absolute Gasteiger partial charge is 0.381 e. The van der Waals surface area contributed by atoms with Gasteiger partial charge in [0.2, 0.25) is 5.91 Å². The number of carbonyl (C=O) groups excluding carboxylic acids is 1. The molecule has 1 aliphatic heterocycles. The molecule has 9 heteroatoms. The highest BCUT2D eigenvalue weighted by Gasteiger charge is 2.49. The lowest BCUT2D eigenvalue weighted by Crippen LogP contribution is -2.42. The quantitative estimate of drug-likeness (QED) is 0.578. The van der Waals surface area contributed by atoms with Gasteiger partial charge in [-0.2, -0.15) is 21.6 Å². The predicted molar refractivity (Wildman–Crippen MR) is 64.8 cm³/mol. The maximum absolute atomic E-state index is 12.1. The second-order valence-electron chi connectivity index (χ2n) is 5.40. The molecule has 0 bridgehead atoms. The molecule has 1 heterocycles. The van der Waals surface area contributed by atoms with Crippen LogP contribution in [0.1, 0.15) is 27.2 Å². The highest BCUT2D eigenvalue weighted by atomic mass is 32.2. The Balaban J connectivity index is 2.73. The van der Waals surface area contributed by atoms with Gasteiger partial charge in [0.1, 0.15) is 5.76 Å². The van der Waals surface area contributed by atoms with Crippen LogP contribution in [0, 0.1) is 5.41 Å². The zero-order valence-corrected chi connectivity index (χ0v) is 12.1. The van der Waals surface area contributed by atoms with Crippen LogP contribution in [0.4, 0.5) is 13.2 Å². The minimum Gasteiger partial charge on any atom is -0.381 e. The van der Waals surface area contributed by atoms with Crippen LogP contribution in [-0.2, 0) is 19.1 Å². The van der Waals surface area contributed by atoms with Gasteiger partial charge in [-0.25, -0.2) is 0 Å². The van der Waals surface area contributed by atoms with E-state index in [2.05, 4.69) is 4.18 Å². The third-order valence-corrected chi connectivity index (χ3v) is 3.60. The standard InChI is InChI=1S/C11H16F3NO4S/c1-10(2,3)9(16)15-6-4-8(5-7-15)19-20(17,18)11(12,13)14/h4H,5-7H2,1-3H3. The number of hydrogen-bond donors (Lipinski definition) is 0. The van der Waals surface area contributed by atoms with Gasteiger partial charge >= 0.3 is 15.6 Å². The highest BCUT2D eigenvalue weighted by Crippen LogP contribution is 2.28. The number of nitrogens with zero attached hydrogens (tertiary/aromatic N) is 1. The molecule has 0 saturated carbocycles. The van der Waals surface area contributed by atoms with Crippen LogP contribution >= 0.6 is 0 Å². The second-order valence-corrected chi connectivity index (χ2v) is 6.94. The molecule has 0 atom stereocenters. The van der Waals surface area contributed by atoms with Crippen molar-refractivity contribution < 1.29 is 30.6 Å². The Hall–Kier alpha value is -1.25. The summed E-state index contributed by atoms with van der Waals surface area (Å²) in [6, 6.07) is 0. The minimum absolute atomic E-state index is 0.0266. The monoisotopic (exact) mass is 315 g/mol. The van der Waals surface area contributed by atoms with E-state index in [0.717, 1.165) is 0 Å². The molecule has 0 fully saturated rings. The highest BCUT2D eigenvalue weighted by molar-refractivity contribution is 7.87. The van der Waals surface area contributed by atoms with Crippen LogP contribution in [0.5, 0.6) is 0 Å². The van der Waals surface area contributed by atoms with Gasteiger partial charge in [-0.15, -0.1) is 0 Å². The van der Waals surface area contributed by atoms with E-state index in [0.29, 0.717) is 0 Å². The maximum atomic E-state index is 12.1. The van der Waals surface area contributed by atoms with Crippen molar-refractivity contribution in [1.82, 2.24) is 4.90 Å². The Morgan fingerprint density at radius 1 is 1.30 bits per heavy atom.